The minimum atomic E-state index is 0.852. The standard InChI is InChI=1S/C15H25NO2/c1-3-4-10-18-11-6-9-16-13-14-7-5-8-15(12-14)17-2/h5,7-8,12,16H,3-4,6,9-11,13H2,1-2H3. The molecule has 1 aromatic rings. The van der Waals surface area contributed by atoms with E-state index in [2.05, 4.69) is 24.4 Å². The van der Waals surface area contributed by atoms with E-state index in [0.29, 0.717) is 0 Å². The third-order valence-electron chi connectivity index (χ3n) is 2.75. The number of methoxy groups -OCH3 is 1. The van der Waals surface area contributed by atoms with Crippen LogP contribution in [0.1, 0.15) is 31.7 Å². The van der Waals surface area contributed by atoms with Gasteiger partial charge in [-0.1, -0.05) is 25.5 Å². The monoisotopic (exact) mass is 251 g/mol. The number of hydrogen-bond donors (Lipinski definition) is 1. The first-order valence-electron chi connectivity index (χ1n) is 6.78. The zero-order valence-corrected chi connectivity index (χ0v) is 11.6. The predicted octanol–water partition coefficient (Wildman–Crippen LogP) is 2.99. The minimum Gasteiger partial charge on any atom is -0.497 e. The van der Waals surface area contributed by atoms with Crippen LogP contribution >= 0.6 is 0 Å². The first-order chi connectivity index (χ1) is 8.86. The van der Waals surface area contributed by atoms with Crippen molar-refractivity contribution in [2.45, 2.75) is 32.7 Å². The summed E-state index contributed by atoms with van der Waals surface area (Å²) in [6.07, 6.45) is 3.43. The van der Waals surface area contributed by atoms with Crippen LogP contribution in [0.4, 0.5) is 0 Å². The number of hydrogen-bond acceptors (Lipinski definition) is 3. The Morgan fingerprint density at radius 1 is 1.17 bits per heavy atom. The van der Waals surface area contributed by atoms with Gasteiger partial charge in [0, 0.05) is 19.8 Å². The molecule has 102 valence electrons. The Bertz CT molecular complexity index is 315. The molecule has 0 aliphatic carbocycles. The lowest BCUT2D eigenvalue weighted by atomic mass is 10.2. The van der Waals surface area contributed by atoms with Crippen molar-refractivity contribution in [3.8, 4) is 5.75 Å². The molecule has 0 fully saturated rings. The van der Waals surface area contributed by atoms with Crippen LogP contribution in [0.2, 0.25) is 0 Å². The summed E-state index contributed by atoms with van der Waals surface area (Å²) in [6.45, 7) is 5.80. The van der Waals surface area contributed by atoms with Gasteiger partial charge in [-0.3, -0.25) is 0 Å². The Kier molecular flexibility index (Phi) is 8.26. The fourth-order valence-electron chi connectivity index (χ4n) is 1.66. The summed E-state index contributed by atoms with van der Waals surface area (Å²) >= 11 is 0. The molecule has 0 amide bonds. The summed E-state index contributed by atoms with van der Waals surface area (Å²) in [5, 5.41) is 3.41. The first-order valence-corrected chi connectivity index (χ1v) is 6.78. The maximum atomic E-state index is 5.50. The van der Waals surface area contributed by atoms with Crippen molar-refractivity contribution in [1.29, 1.82) is 0 Å². The predicted molar refractivity (Wildman–Crippen MR) is 75.0 cm³/mol. The summed E-state index contributed by atoms with van der Waals surface area (Å²) in [6, 6.07) is 8.15. The van der Waals surface area contributed by atoms with Gasteiger partial charge in [-0.25, -0.2) is 0 Å². The van der Waals surface area contributed by atoms with E-state index >= 15 is 0 Å². The van der Waals surface area contributed by atoms with Crippen LogP contribution < -0.4 is 10.1 Å². The van der Waals surface area contributed by atoms with E-state index in [1.807, 2.05) is 12.1 Å². The summed E-state index contributed by atoms with van der Waals surface area (Å²) in [4.78, 5) is 0. The van der Waals surface area contributed by atoms with E-state index in [4.69, 9.17) is 9.47 Å². The van der Waals surface area contributed by atoms with E-state index < -0.39 is 0 Å². The molecule has 0 atom stereocenters. The summed E-state index contributed by atoms with van der Waals surface area (Å²) in [7, 11) is 1.69. The summed E-state index contributed by atoms with van der Waals surface area (Å²) < 4.78 is 10.7. The number of rotatable bonds is 10. The second-order valence-electron chi connectivity index (χ2n) is 4.35. The molecule has 1 aromatic carbocycles. The SMILES string of the molecule is CCCCOCCCNCc1cccc(OC)c1. The lowest BCUT2D eigenvalue weighted by Gasteiger charge is -2.07. The molecular formula is C15H25NO2. The third kappa shape index (κ3) is 6.62. The quantitative estimate of drug-likeness (QED) is 0.648. The molecular weight excluding hydrogens is 226 g/mol. The average Bonchev–Trinajstić information content (AvgIpc) is 2.42. The Hall–Kier alpha value is -1.06. The number of unbranched alkanes of at least 4 members (excludes halogenated alkanes) is 1. The average molecular weight is 251 g/mol. The molecule has 3 nitrogen and oxygen atoms in total. The van der Waals surface area contributed by atoms with Crippen molar-refractivity contribution in [2.75, 3.05) is 26.9 Å². The Morgan fingerprint density at radius 2 is 2.00 bits per heavy atom. The van der Waals surface area contributed by atoms with Crippen LogP contribution in [0.15, 0.2) is 24.3 Å². The largest absolute Gasteiger partial charge is 0.497 e. The molecule has 0 radical (unpaired) electrons. The van der Waals surface area contributed by atoms with Gasteiger partial charge >= 0.3 is 0 Å². The summed E-state index contributed by atoms with van der Waals surface area (Å²) in [5.74, 6) is 0.914. The topological polar surface area (TPSA) is 30.5 Å². The molecule has 0 saturated carbocycles. The van der Waals surface area contributed by atoms with Gasteiger partial charge in [-0.05, 0) is 37.1 Å². The van der Waals surface area contributed by atoms with Crippen LogP contribution in [0.3, 0.4) is 0 Å². The molecule has 0 unspecified atom stereocenters. The normalized spacial score (nSPS) is 10.6. The van der Waals surface area contributed by atoms with Crippen LogP contribution in [-0.4, -0.2) is 26.9 Å². The van der Waals surface area contributed by atoms with Crippen LogP contribution in [0.5, 0.6) is 5.75 Å². The fraction of sp³-hybridized carbons (Fsp3) is 0.600. The molecule has 0 aliphatic heterocycles. The summed E-state index contributed by atoms with van der Waals surface area (Å²) in [5.41, 5.74) is 1.25. The van der Waals surface area contributed by atoms with Gasteiger partial charge in [0.05, 0.1) is 7.11 Å². The Morgan fingerprint density at radius 3 is 2.78 bits per heavy atom. The Balaban J connectivity index is 2.03. The van der Waals surface area contributed by atoms with Gasteiger partial charge in [0.15, 0.2) is 0 Å². The molecule has 0 heterocycles. The smallest absolute Gasteiger partial charge is 0.119 e. The molecule has 0 spiro atoms. The van der Waals surface area contributed by atoms with Crippen molar-refractivity contribution in [3.63, 3.8) is 0 Å². The van der Waals surface area contributed by atoms with Crippen LogP contribution in [-0.2, 0) is 11.3 Å². The molecule has 1 N–H and O–H groups in total. The van der Waals surface area contributed by atoms with E-state index in [-0.39, 0.29) is 0 Å². The van der Waals surface area contributed by atoms with Gasteiger partial charge < -0.3 is 14.8 Å². The molecule has 0 aliphatic rings. The van der Waals surface area contributed by atoms with Gasteiger partial charge in [-0.15, -0.1) is 0 Å². The third-order valence-corrected chi connectivity index (χ3v) is 2.75. The second-order valence-corrected chi connectivity index (χ2v) is 4.35. The maximum absolute atomic E-state index is 5.50. The van der Waals surface area contributed by atoms with E-state index in [9.17, 15) is 0 Å². The number of nitrogens with one attached hydrogen (secondary N) is 1. The Labute approximate surface area is 110 Å². The minimum absolute atomic E-state index is 0.852. The van der Waals surface area contributed by atoms with Gasteiger partial charge in [0.2, 0.25) is 0 Å². The second kappa shape index (κ2) is 9.92. The zero-order valence-electron chi connectivity index (χ0n) is 11.6. The molecule has 1 rings (SSSR count). The fourth-order valence-corrected chi connectivity index (χ4v) is 1.66. The molecule has 0 aromatic heterocycles. The molecule has 18 heavy (non-hydrogen) atoms. The van der Waals surface area contributed by atoms with Crippen LogP contribution in [0, 0.1) is 0 Å². The van der Waals surface area contributed by atoms with Gasteiger partial charge in [0.25, 0.3) is 0 Å². The van der Waals surface area contributed by atoms with Crippen molar-refractivity contribution in [2.24, 2.45) is 0 Å². The van der Waals surface area contributed by atoms with E-state index in [1.165, 1.54) is 12.0 Å². The van der Waals surface area contributed by atoms with Crippen LogP contribution in [0.25, 0.3) is 0 Å². The molecule has 3 heteroatoms. The van der Waals surface area contributed by atoms with E-state index in [0.717, 1.165) is 44.9 Å². The highest BCUT2D eigenvalue weighted by atomic mass is 16.5. The van der Waals surface area contributed by atoms with Crippen molar-refractivity contribution < 1.29 is 9.47 Å². The van der Waals surface area contributed by atoms with Crippen molar-refractivity contribution in [1.82, 2.24) is 5.32 Å². The first kappa shape index (κ1) is 15.0. The highest BCUT2D eigenvalue weighted by Gasteiger charge is 1.95. The van der Waals surface area contributed by atoms with Crippen molar-refractivity contribution >= 4 is 0 Å². The lowest BCUT2D eigenvalue weighted by molar-refractivity contribution is 0.129. The molecule has 0 bridgehead atoms. The van der Waals surface area contributed by atoms with Gasteiger partial charge in [-0.2, -0.15) is 0 Å². The highest BCUT2D eigenvalue weighted by Crippen LogP contribution is 2.11. The lowest BCUT2D eigenvalue weighted by Crippen LogP contribution is -2.16. The van der Waals surface area contributed by atoms with Crippen molar-refractivity contribution in [3.05, 3.63) is 29.8 Å². The van der Waals surface area contributed by atoms with Gasteiger partial charge in [0.1, 0.15) is 5.75 Å². The van der Waals surface area contributed by atoms with E-state index in [1.54, 1.807) is 7.11 Å². The molecule has 0 saturated heterocycles. The maximum Gasteiger partial charge on any atom is 0.119 e. The number of benzene rings is 1. The number of ether oxygens (including phenoxy) is 2. The highest BCUT2D eigenvalue weighted by molar-refractivity contribution is 5.28. The zero-order chi connectivity index (χ0) is 13.1.